The molecule has 4 N–H and O–H groups in total. The minimum absolute atomic E-state index is 0.0337. The first-order chi connectivity index (χ1) is 11.2. The van der Waals surface area contributed by atoms with E-state index in [4.69, 9.17) is 9.88 Å². The van der Waals surface area contributed by atoms with Crippen molar-refractivity contribution >= 4 is 21.8 Å². The van der Waals surface area contributed by atoms with Crippen molar-refractivity contribution in [3.63, 3.8) is 0 Å². The Morgan fingerprint density at radius 2 is 2.00 bits per heavy atom. The number of hydrogen-bond acceptors (Lipinski definition) is 5. The normalized spacial score (nSPS) is 12.3. The number of amides is 2. The lowest BCUT2D eigenvalue weighted by Crippen LogP contribution is -2.35. The molecule has 0 unspecified atom stereocenters. The van der Waals surface area contributed by atoms with Crippen molar-refractivity contribution in [1.29, 1.82) is 0 Å². The molecule has 2 amide bonds. The molecule has 0 aliphatic carbocycles. The first-order valence-corrected chi connectivity index (χ1v) is 9.02. The van der Waals surface area contributed by atoms with Gasteiger partial charge in [0, 0.05) is 19.0 Å². The SMILES string of the molecule is CC[C@@H](C)NC(=O)CCNC(=O)c1cc(S(N)(=O)=O)ccc1OC. The summed E-state index contributed by atoms with van der Waals surface area (Å²) in [6.07, 6.45) is 0.933. The van der Waals surface area contributed by atoms with E-state index >= 15 is 0 Å². The molecule has 0 radical (unpaired) electrons. The van der Waals surface area contributed by atoms with E-state index in [-0.39, 0.29) is 41.1 Å². The summed E-state index contributed by atoms with van der Waals surface area (Å²) in [5.41, 5.74) is 0.0337. The Bertz CT molecular complexity index is 703. The lowest BCUT2D eigenvalue weighted by Gasteiger charge is -2.12. The van der Waals surface area contributed by atoms with Gasteiger partial charge in [-0.15, -0.1) is 0 Å². The van der Waals surface area contributed by atoms with Crippen LogP contribution in [0.1, 0.15) is 37.0 Å². The first-order valence-electron chi connectivity index (χ1n) is 7.47. The summed E-state index contributed by atoms with van der Waals surface area (Å²) in [7, 11) is -2.57. The summed E-state index contributed by atoms with van der Waals surface area (Å²) in [4.78, 5) is 23.7. The van der Waals surface area contributed by atoms with Crippen molar-refractivity contribution in [2.24, 2.45) is 5.14 Å². The average molecular weight is 357 g/mol. The van der Waals surface area contributed by atoms with Crippen LogP contribution in [0, 0.1) is 0 Å². The Morgan fingerprint density at radius 1 is 1.33 bits per heavy atom. The van der Waals surface area contributed by atoms with Gasteiger partial charge in [0.2, 0.25) is 15.9 Å². The van der Waals surface area contributed by atoms with Crippen molar-refractivity contribution in [2.45, 2.75) is 37.6 Å². The van der Waals surface area contributed by atoms with Gasteiger partial charge in [0.25, 0.3) is 5.91 Å². The zero-order valence-corrected chi connectivity index (χ0v) is 14.8. The third kappa shape index (κ3) is 5.82. The minimum Gasteiger partial charge on any atom is -0.496 e. The molecule has 0 saturated heterocycles. The van der Waals surface area contributed by atoms with Crippen LogP contribution in [0.15, 0.2) is 23.1 Å². The summed E-state index contributed by atoms with van der Waals surface area (Å²) in [5.74, 6) is -0.507. The lowest BCUT2D eigenvalue weighted by atomic mass is 10.2. The van der Waals surface area contributed by atoms with Gasteiger partial charge in [0.1, 0.15) is 5.75 Å². The molecule has 0 heterocycles. The molecule has 0 spiro atoms. The van der Waals surface area contributed by atoms with E-state index in [0.29, 0.717) is 0 Å². The molecular formula is C15H23N3O5S. The molecule has 9 heteroatoms. The maximum absolute atomic E-state index is 12.2. The fourth-order valence-corrected chi connectivity index (χ4v) is 2.42. The Kier molecular flexibility index (Phi) is 7.18. The second-order valence-electron chi connectivity index (χ2n) is 5.29. The van der Waals surface area contributed by atoms with Crippen LogP contribution in [0.5, 0.6) is 5.75 Å². The molecule has 0 saturated carbocycles. The average Bonchev–Trinajstić information content (AvgIpc) is 2.52. The van der Waals surface area contributed by atoms with Crippen LogP contribution < -0.4 is 20.5 Å². The summed E-state index contributed by atoms with van der Waals surface area (Å²) in [6.45, 7) is 3.96. The highest BCUT2D eigenvalue weighted by Crippen LogP contribution is 2.21. The predicted molar refractivity (Wildman–Crippen MR) is 89.2 cm³/mol. The van der Waals surface area contributed by atoms with Gasteiger partial charge in [-0.2, -0.15) is 0 Å². The smallest absolute Gasteiger partial charge is 0.255 e. The van der Waals surface area contributed by atoms with Gasteiger partial charge in [-0.1, -0.05) is 6.92 Å². The van der Waals surface area contributed by atoms with Crippen LogP contribution in [0.25, 0.3) is 0 Å². The van der Waals surface area contributed by atoms with E-state index in [2.05, 4.69) is 10.6 Å². The van der Waals surface area contributed by atoms with E-state index in [1.165, 1.54) is 19.2 Å². The fourth-order valence-electron chi connectivity index (χ4n) is 1.88. The second-order valence-corrected chi connectivity index (χ2v) is 6.85. The molecular weight excluding hydrogens is 334 g/mol. The number of benzene rings is 1. The quantitative estimate of drug-likeness (QED) is 0.619. The number of carbonyl (C=O) groups is 2. The van der Waals surface area contributed by atoms with E-state index in [9.17, 15) is 18.0 Å². The number of hydrogen-bond donors (Lipinski definition) is 3. The van der Waals surface area contributed by atoms with Crippen LogP contribution in [0.2, 0.25) is 0 Å². The summed E-state index contributed by atoms with van der Waals surface area (Å²) < 4.78 is 27.8. The number of sulfonamides is 1. The summed E-state index contributed by atoms with van der Waals surface area (Å²) >= 11 is 0. The maximum Gasteiger partial charge on any atom is 0.255 e. The van der Waals surface area contributed by atoms with Crippen molar-refractivity contribution in [1.82, 2.24) is 10.6 Å². The summed E-state index contributed by atoms with van der Waals surface area (Å²) in [5, 5.41) is 10.4. The molecule has 0 aromatic heterocycles. The highest BCUT2D eigenvalue weighted by Gasteiger charge is 2.17. The van der Waals surface area contributed by atoms with E-state index < -0.39 is 15.9 Å². The first kappa shape index (κ1) is 19.9. The van der Waals surface area contributed by atoms with E-state index in [0.717, 1.165) is 12.5 Å². The molecule has 0 aliphatic rings. The number of primary sulfonamides is 1. The number of methoxy groups -OCH3 is 1. The Labute approximate surface area is 141 Å². The fraction of sp³-hybridized carbons (Fsp3) is 0.467. The van der Waals surface area contributed by atoms with Gasteiger partial charge in [-0.3, -0.25) is 9.59 Å². The molecule has 1 atom stereocenters. The molecule has 8 nitrogen and oxygen atoms in total. The second kappa shape index (κ2) is 8.65. The van der Waals surface area contributed by atoms with Crippen LogP contribution in [-0.2, 0) is 14.8 Å². The Balaban J connectivity index is 2.75. The zero-order valence-electron chi connectivity index (χ0n) is 14.0. The molecule has 1 aromatic carbocycles. The molecule has 0 aliphatic heterocycles. The molecule has 0 fully saturated rings. The van der Waals surface area contributed by atoms with Gasteiger partial charge in [-0.25, -0.2) is 13.6 Å². The molecule has 134 valence electrons. The Morgan fingerprint density at radius 3 is 2.54 bits per heavy atom. The van der Waals surface area contributed by atoms with Crippen molar-refractivity contribution in [3.05, 3.63) is 23.8 Å². The third-order valence-corrected chi connectivity index (χ3v) is 4.31. The zero-order chi connectivity index (χ0) is 18.3. The topological polar surface area (TPSA) is 128 Å². The van der Waals surface area contributed by atoms with E-state index in [1.807, 2.05) is 13.8 Å². The molecule has 24 heavy (non-hydrogen) atoms. The van der Waals surface area contributed by atoms with Crippen LogP contribution in [0.4, 0.5) is 0 Å². The van der Waals surface area contributed by atoms with Crippen molar-refractivity contribution in [2.75, 3.05) is 13.7 Å². The number of nitrogens with two attached hydrogens (primary N) is 1. The maximum atomic E-state index is 12.2. The van der Waals surface area contributed by atoms with Gasteiger partial charge >= 0.3 is 0 Å². The minimum atomic E-state index is -3.93. The molecule has 1 rings (SSSR count). The van der Waals surface area contributed by atoms with Gasteiger partial charge < -0.3 is 15.4 Å². The standard InChI is InChI=1S/C15H23N3O5S/c1-4-10(2)18-14(19)7-8-17-15(20)12-9-11(24(16,21)22)5-6-13(12)23-3/h5-6,9-10H,4,7-8H2,1-3H3,(H,17,20)(H,18,19)(H2,16,21,22)/t10-/m1/s1. The van der Waals surface area contributed by atoms with Crippen LogP contribution in [0.3, 0.4) is 0 Å². The Hall–Kier alpha value is -2.13. The molecule has 0 bridgehead atoms. The van der Waals surface area contributed by atoms with Crippen molar-refractivity contribution < 1.29 is 22.7 Å². The van der Waals surface area contributed by atoms with Gasteiger partial charge in [0.05, 0.1) is 17.6 Å². The monoisotopic (exact) mass is 357 g/mol. The van der Waals surface area contributed by atoms with Gasteiger partial charge in [0.15, 0.2) is 0 Å². The third-order valence-electron chi connectivity index (χ3n) is 3.40. The lowest BCUT2D eigenvalue weighted by molar-refractivity contribution is -0.121. The highest BCUT2D eigenvalue weighted by molar-refractivity contribution is 7.89. The number of carbonyl (C=O) groups excluding carboxylic acids is 2. The number of rotatable bonds is 8. The van der Waals surface area contributed by atoms with E-state index in [1.54, 1.807) is 0 Å². The largest absolute Gasteiger partial charge is 0.496 e. The van der Waals surface area contributed by atoms with Crippen LogP contribution in [-0.4, -0.2) is 39.9 Å². The van der Waals surface area contributed by atoms with Crippen LogP contribution >= 0.6 is 0 Å². The number of nitrogens with one attached hydrogen (secondary N) is 2. The summed E-state index contributed by atoms with van der Waals surface area (Å²) in [6, 6.07) is 3.82. The van der Waals surface area contributed by atoms with Crippen molar-refractivity contribution in [3.8, 4) is 5.75 Å². The predicted octanol–water partition coefficient (Wildman–Crippen LogP) is 0.377. The highest BCUT2D eigenvalue weighted by atomic mass is 32.2. The number of ether oxygens (including phenoxy) is 1. The van der Waals surface area contributed by atoms with Gasteiger partial charge in [-0.05, 0) is 31.5 Å². The molecule has 1 aromatic rings.